The van der Waals surface area contributed by atoms with Crippen molar-refractivity contribution < 1.29 is 19.1 Å². The highest BCUT2D eigenvalue weighted by Crippen LogP contribution is 2.30. The number of carbonyl (C=O) groups excluding carboxylic acids is 2. The van der Waals surface area contributed by atoms with E-state index in [0.717, 1.165) is 31.8 Å². The summed E-state index contributed by atoms with van der Waals surface area (Å²) in [6, 6.07) is 12.2. The van der Waals surface area contributed by atoms with E-state index in [-0.39, 0.29) is 5.78 Å². The molecule has 0 aliphatic carbocycles. The Morgan fingerprint density at radius 2 is 1.85 bits per heavy atom. The number of hydrogen-bond acceptors (Lipinski definition) is 5. The van der Waals surface area contributed by atoms with Crippen molar-refractivity contribution >= 4 is 17.4 Å². The van der Waals surface area contributed by atoms with Crippen molar-refractivity contribution in [2.75, 3.05) is 24.6 Å². The smallest absolute Gasteiger partial charge is 0.248 e. The second-order valence-corrected chi connectivity index (χ2v) is 6.63. The second kappa shape index (κ2) is 8.22. The fourth-order valence-electron chi connectivity index (χ4n) is 2.94. The average Bonchev–Trinajstić information content (AvgIpc) is 2.61. The summed E-state index contributed by atoms with van der Waals surface area (Å²) < 4.78 is 11.6. The molecule has 142 valence electrons. The van der Waals surface area contributed by atoms with Crippen LogP contribution >= 0.6 is 0 Å². The molecule has 2 N–H and O–H groups in total. The number of primary amides is 1. The standard InChI is InChI=1S/C21H24N2O4/c1-3-10-26-18-12-23(13-18)16-5-7-17(8-6-16)27-20-11-15(21(22)25)4-9-19(20)14(2)24/h4-9,11,18H,3,10,12-13H2,1-2H3,(H2,22,25). The molecular weight excluding hydrogens is 344 g/mol. The summed E-state index contributed by atoms with van der Waals surface area (Å²) in [5, 5.41) is 0. The predicted molar refractivity (Wildman–Crippen MR) is 104 cm³/mol. The fraction of sp³-hybridized carbons (Fsp3) is 0.333. The number of nitrogens with zero attached hydrogens (tertiary/aromatic N) is 1. The Morgan fingerprint density at radius 1 is 1.15 bits per heavy atom. The zero-order valence-corrected chi connectivity index (χ0v) is 15.6. The van der Waals surface area contributed by atoms with Gasteiger partial charge in [-0.3, -0.25) is 9.59 Å². The highest BCUT2D eigenvalue weighted by molar-refractivity contribution is 5.99. The van der Waals surface area contributed by atoms with Gasteiger partial charge in [0, 0.05) is 30.9 Å². The molecule has 0 saturated carbocycles. The van der Waals surface area contributed by atoms with Crippen molar-refractivity contribution in [1.29, 1.82) is 0 Å². The first-order valence-corrected chi connectivity index (χ1v) is 9.07. The molecule has 1 heterocycles. The maximum Gasteiger partial charge on any atom is 0.248 e. The van der Waals surface area contributed by atoms with Crippen molar-refractivity contribution in [1.82, 2.24) is 0 Å². The first-order chi connectivity index (χ1) is 13.0. The van der Waals surface area contributed by atoms with E-state index in [2.05, 4.69) is 11.8 Å². The molecule has 27 heavy (non-hydrogen) atoms. The number of amides is 1. The Labute approximate surface area is 158 Å². The van der Waals surface area contributed by atoms with Gasteiger partial charge in [-0.05, 0) is 55.8 Å². The van der Waals surface area contributed by atoms with Gasteiger partial charge < -0.3 is 20.1 Å². The van der Waals surface area contributed by atoms with Gasteiger partial charge in [0.15, 0.2) is 5.78 Å². The van der Waals surface area contributed by atoms with Crippen LogP contribution in [0.3, 0.4) is 0 Å². The van der Waals surface area contributed by atoms with Gasteiger partial charge in [-0.15, -0.1) is 0 Å². The minimum absolute atomic E-state index is 0.142. The maximum atomic E-state index is 11.8. The van der Waals surface area contributed by atoms with Crippen molar-refractivity contribution in [3.05, 3.63) is 53.6 Å². The summed E-state index contributed by atoms with van der Waals surface area (Å²) in [5.41, 5.74) is 7.12. The summed E-state index contributed by atoms with van der Waals surface area (Å²) in [6.07, 6.45) is 1.33. The number of rotatable bonds is 8. The summed E-state index contributed by atoms with van der Waals surface area (Å²) in [4.78, 5) is 25.5. The molecule has 0 unspecified atom stereocenters. The Balaban J connectivity index is 1.69. The van der Waals surface area contributed by atoms with Crippen LogP contribution in [0.2, 0.25) is 0 Å². The van der Waals surface area contributed by atoms with Gasteiger partial charge in [-0.1, -0.05) is 6.92 Å². The molecule has 0 radical (unpaired) electrons. The van der Waals surface area contributed by atoms with Crippen LogP contribution < -0.4 is 15.4 Å². The second-order valence-electron chi connectivity index (χ2n) is 6.63. The van der Waals surface area contributed by atoms with Gasteiger partial charge in [0.2, 0.25) is 5.91 Å². The highest BCUT2D eigenvalue weighted by Gasteiger charge is 2.27. The zero-order chi connectivity index (χ0) is 19.4. The van der Waals surface area contributed by atoms with E-state index in [0.29, 0.717) is 28.7 Å². The molecule has 6 nitrogen and oxygen atoms in total. The first-order valence-electron chi connectivity index (χ1n) is 9.07. The largest absolute Gasteiger partial charge is 0.457 e. The lowest BCUT2D eigenvalue weighted by Crippen LogP contribution is -2.52. The topological polar surface area (TPSA) is 81.9 Å². The number of hydrogen-bond donors (Lipinski definition) is 1. The lowest BCUT2D eigenvalue weighted by atomic mass is 10.1. The molecular formula is C21H24N2O4. The number of nitrogens with two attached hydrogens (primary N) is 1. The van der Waals surface area contributed by atoms with E-state index in [1.54, 1.807) is 6.07 Å². The van der Waals surface area contributed by atoms with Crippen LogP contribution in [0.5, 0.6) is 11.5 Å². The average molecular weight is 368 g/mol. The van der Waals surface area contributed by atoms with E-state index in [1.807, 2.05) is 24.3 Å². The minimum Gasteiger partial charge on any atom is -0.457 e. The van der Waals surface area contributed by atoms with Crippen LogP contribution in [-0.4, -0.2) is 37.5 Å². The van der Waals surface area contributed by atoms with Crippen molar-refractivity contribution in [3.63, 3.8) is 0 Å². The molecule has 0 bridgehead atoms. The summed E-state index contributed by atoms with van der Waals surface area (Å²) in [5.74, 6) is 0.199. The molecule has 6 heteroatoms. The third-order valence-electron chi connectivity index (χ3n) is 4.48. The molecule has 3 rings (SSSR count). The monoisotopic (exact) mass is 368 g/mol. The lowest BCUT2D eigenvalue weighted by molar-refractivity contribution is 0.0348. The summed E-state index contributed by atoms with van der Waals surface area (Å²) in [7, 11) is 0. The van der Waals surface area contributed by atoms with E-state index in [4.69, 9.17) is 15.2 Å². The van der Waals surface area contributed by atoms with Gasteiger partial charge in [0.05, 0.1) is 11.7 Å². The third-order valence-corrected chi connectivity index (χ3v) is 4.48. The van der Waals surface area contributed by atoms with Crippen LogP contribution in [0, 0.1) is 0 Å². The molecule has 2 aromatic rings. The normalized spacial score (nSPS) is 13.9. The molecule has 1 aliphatic rings. The molecule has 2 aromatic carbocycles. The molecule has 1 saturated heterocycles. The van der Waals surface area contributed by atoms with Gasteiger partial charge in [0.1, 0.15) is 11.5 Å². The molecule has 1 amide bonds. The molecule has 0 aromatic heterocycles. The quantitative estimate of drug-likeness (QED) is 0.722. The van der Waals surface area contributed by atoms with Crippen molar-refractivity contribution in [2.24, 2.45) is 5.73 Å². The van der Waals surface area contributed by atoms with Crippen LogP contribution in [0.1, 0.15) is 41.0 Å². The molecule has 0 atom stereocenters. The highest BCUT2D eigenvalue weighted by atomic mass is 16.5. The number of Topliss-reactive ketones (excluding diaryl/α,β-unsaturated/α-hetero) is 1. The van der Waals surface area contributed by atoms with E-state index < -0.39 is 5.91 Å². The van der Waals surface area contributed by atoms with Gasteiger partial charge >= 0.3 is 0 Å². The molecule has 1 fully saturated rings. The molecule has 0 spiro atoms. The maximum absolute atomic E-state index is 11.8. The van der Waals surface area contributed by atoms with Gasteiger partial charge in [-0.2, -0.15) is 0 Å². The SMILES string of the molecule is CCCOC1CN(c2ccc(Oc3cc(C(N)=O)ccc3C(C)=O)cc2)C1. The Morgan fingerprint density at radius 3 is 2.44 bits per heavy atom. The Hall–Kier alpha value is -2.86. The van der Waals surface area contributed by atoms with Crippen LogP contribution in [0.25, 0.3) is 0 Å². The fourth-order valence-corrected chi connectivity index (χ4v) is 2.94. The zero-order valence-electron chi connectivity index (χ0n) is 15.6. The van der Waals surface area contributed by atoms with Crippen LogP contribution in [-0.2, 0) is 4.74 Å². The Kier molecular flexibility index (Phi) is 5.76. The number of carbonyl (C=O) groups is 2. The number of benzene rings is 2. The minimum atomic E-state index is -0.567. The van der Waals surface area contributed by atoms with E-state index in [1.165, 1.54) is 19.1 Å². The number of ketones is 1. The summed E-state index contributed by atoms with van der Waals surface area (Å²) >= 11 is 0. The van der Waals surface area contributed by atoms with Crippen LogP contribution in [0.15, 0.2) is 42.5 Å². The molecule has 1 aliphatic heterocycles. The summed E-state index contributed by atoms with van der Waals surface area (Å²) in [6.45, 7) is 6.13. The van der Waals surface area contributed by atoms with Crippen molar-refractivity contribution in [2.45, 2.75) is 26.4 Å². The number of ether oxygens (including phenoxy) is 2. The van der Waals surface area contributed by atoms with E-state index >= 15 is 0 Å². The van der Waals surface area contributed by atoms with Crippen molar-refractivity contribution in [3.8, 4) is 11.5 Å². The third kappa shape index (κ3) is 4.46. The van der Waals surface area contributed by atoms with Gasteiger partial charge in [-0.25, -0.2) is 0 Å². The predicted octanol–water partition coefficient (Wildman–Crippen LogP) is 3.40. The van der Waals surface area contributed by atoms with Gasteiger partial charge in [0.25, 0.3) is 0 Å². The Bertz CT molecular complexity index is 827. The van der Waals surface area contributed by atoms with Crippen LogP contribution in [0.4, 0.5) is 5.69 Å². The van der Waals surface area contributed by atoms with E-state index in [9.17, 15) is 9.59 Å². The first kappa shape index (κ1) is 18.9. The lowest BCUT2D eigenvalue weighted by Gasteiger charge is -2.40. The number of anilines is 1.